The smallest absolute Gasteiger partial charge is 0.252 e. The Kier molecular flexibility index (Phi) is 5.05. The molecule has 0 bridgehead atoms. The predicted molar refractivity (Wildman–Crippen MR) is 88.0 cm³/mol. The molecule has 1 atom stereocenters. The molecule has 1 aromatic heterocycles. The normalized spacial score (nSPS) is 23.3. The maximum atomic E-state index is 12.5. The number of carbonyl (C=O) groups excluding carboxylic acids is 1. The number of hydrogen-bond acceptors (Lipinski definition) is 5. The van der Waals surface area contributed by atoms with Crippen molar-refractivity contribution in [3.05, 3.63) is 17.0 Å². The van der Waals surface area contributed by atoms with Crippen molar-refractivity contribution in [1.29, 1.82) is 0 Å². The van der Waals surface area contributed by atoms with Crippen LogP contribution in [-0.2, 0) is 26.0 Å². The molecule has 2 fully saturated rings. The van der Waals surface area contributed by atoms with Gasteiger partial charge in [0.15, 0.2) is 0 Å². The molecule has 3 rings (SSSR count). The Balaban J connectivity index is 1.66. The lowest BCUT2D eigenvalue weighted by Gasteiger charge is -2.31. The highest BCUT2D eigenvalue weighted by Gasteiger charge is 2.29. The van der Waals surface area contributed by atoms with Crippen LogP contribution in [-0.4, -0.2) is 62.4 Å². The number of morpholine rings is 1. The molecule has 0 aliphatic carbocycles. The van der Waals surface area contributed by atoms with Crippen LogP contribution in [0.15, 0.2) is 16.3 Å². The number of rotatable bonds is 4. The fraction of sp³-hybridized carbons (Fsp3) is 0.667. The highest BCUT2D eigenvalue weighted by molar-refractivity contribution is 7.91. The summed E-state index contributed by atoms with van der Waals surface area (Å²) in [5.41, 5.74) is 0. The first-order chi connectivity index (χ1) is 11.0. The molecule has 23 heavy (non-hydrogen) atoms. The number of carbonyl (C=O) groups is 1. The van der Waals surface area contributed by atoms with Crippen LogP contribution in [0.2, 0.25) is 0 Å². The lowest BCUT2D eigenvalue weighted by atomic mass is 10.2. The van der Waals surface area contributed by atoms with Crippen LogP contribution in [0.4, 0.5) is 0 Å². The molecular formula is C15H22N2O4S2. The van der Waals surface area contributed by atoms with E-state index in [1.54, 1.807) is 17.0 Å². The molecule has 8 heteroatoms. The Hall–Kier alpha value is -0.960. The van der Waals surface area contributed by atoms with E-state index in [0.29, 0.717) is 37.0 Å². The van der Waals surface area contributed by atoms with Crippen molar-refractivity contribution in [1.82, 2.24) is 9.21 Å². The van der Waals surface area contributed by atoms with E-state index in [-0.39, 0.29) is 18.4 Å². The quantitative estimate of drug-likeness (QED) is 0.814. The molecule has 128 valence electrons. The average Bonchev–Trinajstić information content (AvgIpc) is 3.19. The third kappa shape index (κ3) is 3.76. The maximum absolute atomic E-state index is 12.5. The van der Waals surface area contributed by atoms with Gasteiger partial charge >= 0.3 is 0 Å². The first-order valence-electron chi connectivity index (χ1n) is 7.95. The summed E-state index contributed by atoms with van der Waals surface area (Å²) in [6.07, 6.45) is 2.16. The molecule has 2 aliphatic rings. The second-order valence-corrected chi connectivity index (χ2v) is 9.36. The highest BCUT2D eigenvalue weighted by atomic mass is 32.2. The number of ether oxygens (including phenoxy) is 1. The molecule has 1 amide bonds. The molecule has 1 aromatic rings. The number of hydrogen-bond donors (Lipinski definition) is 0. The SMILES string of the molecule is CC1CN(C(=O)Cc2ccc(S(=O)(=O)N3CCCC3)s2)CCO1. The van der Waals surface area contributed by atoms with Gasteiger partial charge in [-0.25, -0.2) is 8.42 Å². The lowest BCUT2D eigenvalue weighted by molar-refractivity contribution is -0.137. The molecular weight excluding hydrogens is 336 g/mol. The van der Waals surface area contributed by atoms with E-state index in [0.717, 1.165) is 17.7 Å². The van der Waals surface area contributed by atoms with Crippen molar-refractivity contribution in [3.63, 3.8) is 0 Å². The molecule has 6 nitrogen and oxygen atoms in total. The van der Waals surface area contributed by atoms with E-state index in [2.05, 4.69) is 0 Å². The summed E-state index contributed by atoms with van der Waals surface area (Å²) < 4.78 is 32.3. The van der Waals surface area contributed by atoms with Crippen LogP contribution >= 0.6 is 11.3 Å². The fourth-order valence-electron chi connectivity index (χ4n) is 2.95. The maximum Gasteiger partial charge on any atom is 0.252 e. The first-order valence-corrected chi connectivity index (χ1v) is 10.2. The number of sulfonamides is 1. The van der Waals surface area contributed by atoms with Gasteiger partial charge in [-0.1, -0.05) is 0 Å². The van der Waals surface area contributed by atoms with Gasteiger partial charge in [-0.2, -0.15) is 4.31 Å². The van der Waals surface area contributed by atoms with E-state index < -0.39 is 10.0 Å². The van der Waals surface area contributed by atoms with Crippen molar-refractivity contribution >= 4 is 27.3 Å². The van der Waals surface area contributed by atoms with E-state index >= 15 is 0 Å². The fourth-order valence-corrected chi connectivity index (χ4v) is 5.97. The molecule has 0 saturated carbocycles. The minimum Gasteiger partial charge on any atom is -0.375 e. The standard InChI is InChI=1S/C15H22N2O4S2/c1-12-11-16(8-9-21-12)14(18)10-13-4-5-15(22-13)23(19,20)17-6-2-3-7-17/h4-5,12H,2-3,6-11H2,1H3. The third-order valence-electron chi connectivity index (χ3n) is 4.22. The van der Waals surface area contributed by atoms with Gasteiger partial charge in [0.25, 0.3) is 10.0 Å². The lowest BCUT2D eigenvalue weighted by Crippen LogP contribution is -2.45. The Morgan fingerprint density at radius 2 is 2.04 bits per heavy atom. The van der Waals surface area contributed by atoms with Gasteiger partial charge in [-0.3, -0.25) is 4.79 Å². The number of amides is 1. The largest absolute Gasteiger partial charge is 0.375 e. The van der Waals surface area contributed by atoms with Crippen LogP contribution in [0, 0.1) is 0 Å². The van der Waals surface area contributed by atoms with Gasteiger partial charge in [-0.05, 0) is 31.9 Å². The summed E-state index contributed by atoms with van der Waals surface area (Å²) in [6, 6.07) is 3.39. The van der Waals surface area contributed by atoms with Crippen molar-refractivity contribution in [2.75, 3.05) is 32.8 Å². The zero-order valence-corrected chi connectivity index (χ0v) is 14.9. The molecule has 3 heterocycles. The van der Waals surface area contributed by atoms with Gasteiger partial charge in [0, 0.05) is 31.1 Å². The molecule has 0 aromatic carbocycles. The Morgan fingerprint density at radius 1 is 1.30 bits per heavy atom. The average molecular weight is 358 g/mol. The minimum absolute atomic E-state index is 0.0344. The minimum atomic E-state index is -3.38. The monoisotopic (exact) mass is 358 g/mol. The summed E-state index contributed by atoms with van der Waals surface area (Å²) in [5.74, 6) is 0.0344. The van der Waals surface area contributed by atoms with Crippen LogP contribution in [0.25, 0.3) is 0 Å². The van der Waals surface area contributed by atoms with Crippen LogP contribution in [0.1, 0.15) is 24.6 Å². The number of nitrogens with zero attached hydrogens (tertiary/aromatic N) is 2. The van der Waals surface area contributed by atoms with E-state index in [9.17, 15) is 13.2 Å². The Bertz CT molecular complexity index is 665. The second-order valence-electron chi connectivity index (χ2n) is 6.03. The molecule has 1 unspecified atom stereocenters. The van der Waals surface area contributed by atoms with Gasteiger partial charge in [0.1, 0.15) is 4.21 Å². The topological polar surface area (TPSA) is 66.9 Å². The van der Waals surface area contributed by atoms with Crippen LogP contribution < -0.4 is 0 Å². The van der Waals surface area contributed by atoms with Crippen molar-refractivity contribution in [2.24, 2.45) is 0 Å². The molecule has 2 aliphatic heterocycles. The summed E-state index contributed by atoms with van der Waals surface area (Å²) in [7, 11) is -3.38. The van der Waals surface area contributed by atoms with E-state index in [4.69, 9.17) is 4.74 Å². The summed E-state index contributed by atoms with van der Waals surface area (Å²) >= 11 is 1.21. The highest BCUT2D eigenvalue weighted by Crippen LogP contribution is 2.27. The van der Waals surface area contributed by atoms with Gasteiger partial charge in [0.2, 0.25) is 5.91 Å². The van der Waals surface area contributed by atoms with Crippen molar-refractivity contribution in [3.8, 4) is 0 Å². The number of thiophene rings is 1. The van der Waals surface area contributed by atoms with E-state index in [1.165, 1.54) is 15.6 Å². The molecule has 0 spiro atoms. The summed E-state index contributed by atoms with van der Waals surface area (Å²) in [4.78, 5) is 14.9. The molecule has 0 N–H and O–H groups in total. The molecule has 2 saturated heterocycles. The Labute approximate surface area is 141 Å². The van der Waals surface area contributed by atoms with Gasteiger partial charge in [-0.15, -0.1) is 11.3 Å². The summed E-state index contributed by atoms with van der Waals surface area (Å²) in [5, 5.41) is 0. The first kappa shape index (κ1) is 16.9. The van der Waals surface area contributed by atoms with E-state index in [1.807, 2.05) is 6.92 Å². The van der Waals surface area contributed by atoms with Crippen LogP contribution in [0.3, 0.4) is 0 Å². The summed E-state index contributed by atoms with van der Waals surface area (Å²) in [6.45, 7) is 4.91. The van der Waals surface area contributed by atoms with Crippen molar-refractivity contribution < 1.29 is 17.9 Å². The van der Waals surface area contributed by atoms with Crippen LogP contribution in [0.5, 0.6) is 0 Å². The third-order valence-corrected chi connectivity index (χ3v) is 7.67. The predicted octanol–water partition coefficient (Wildman–Crippen LogP) is 1.32. The zero-order valence-electron chi connectivity index (χ0n) is 13.2. The Morgan fingerprint density at radius 3 is 2.74 bits per heavy atom. The van der Waals surface area contributed by atoms with Gasteiger partial charge < -0.3 is 9.64 Å². The van der Waals surface area contributed by atoms with Gasteiger partial charge in [0.05, 0.1) is 19.1 Å². The second kappa shape index (κ2) is 6.88. The zero-order chi connectivity index (χ0) is 16.4. The molecule has 0 radical (unpaired) electrons. The van der Waals surface area contributed by atoms with Crippen molar-refractivity contribution in [2.45, 2.75) is 36.5 Å².